The topological polar surface area (TPSA) is 73.9 Å². The Labute approximate surface area is 308 Å². The van der Waals surface area contributed by atoms with Crippen molar-refractivity contribution in [3.05, 3.63) is 197 Å². The smallest absolute Gasteiger partial charge is 0.407 e. The SMILES string of the molecule is COc1ccc(COC(=O)[C@H](CSC(c2ccccc2)(c2ccccc2)c2ccccc2)NC(=O)OCC2c3ccccc3-c3ccccc32)cc1. The van der Waals surface area contributed by atoms with E-state index in [4.69, 9.17) is 14.2 Å². The monoisotopic (exact) mass is 705 g/mol. The number of alkyl carbamates (subject to hydrolysis) is 1. The molecular weight excluding hydrogens is 667 g/mol. The highest BCUT2D eigenvalue weighted by molar-refractivity contribution is 8.00. The second-order valence-electron chi connectivity index (χ2n) is 12.6. The number of fused-ring (bicyclic) bond motifs is 3. The van der Waals surface area contributed by atoms with Crippen LogP contribution in [0.15, 0.2) is 164 Å². The predicted octanol–water partition coefficient (Wildman–Crippen LogP) is 9.37. The molecule has 6 aromatic rings. The van der Waals surface area contributed by atoms with Gasteiger partial charge in [-0.15, -0.1) is 11.8 Å². The molecule has 6 nitrogen and oxygen atoms in total. The van der Waals surface area contributed by atoms with Crippen molar-refractivity contribution in [3.63, 3.8) is 0 Å². The number of hydrogen-bond acceptors (Lipinski definition) is 6. The maximum absolute atomic E-state index is 14.0. The van der Waals surface area contributed by atoms with Crippen LogP contribution in [0.2, 0.25) is 0 Å². The first-order valence-corrected chi connectivity index (χ1v) is 18.3. The molecule has 0 unspecified atom stereocenters. The molecule has 0 heterocycles. The van der Waals surface area contributed by atoms with Gasteiger partial charge in [-0.1, -0.05) is 152 Å². The number of amides is 1. The molecule has 7 rings (SSSR count). The van der Waals surface area contributed by atoms with Gasteiger partial charge in [0.2, 0.25) is 0 Å². The molecule has 1 N–H and O–H groups in total. The number of benzene rings is 6. The Kier molecular flexibility index (Phi) is 10.7. The van der Waals surface area contributed by atoms with Crippen molar-refractivity contribution >= 4 is 23.8 Å². The summed E-state index contributed by atoms with van der Waals surface area (Å²) in [6.45, 7) is 0.167. The fraction of sp³-hybridized carbons (Fsp3) is 0.156. The molecule has 0 saturated heterocycles. The molecule has 260 valence electrons. The fourth-order valence-electron chi connectivity index (χ4n) is 6.90. The van der Waals surface area contributed by atoms with Gasteiger partial charge in [0.1, 0.15) is 25.0 Å². The summed E-state index contributed by atoms with van der Waals surface area (Å²) < 4.78 is 16.3. The van der Waals surface area contributed by atoms with E-state index in [2.05, 4.69) is 66.0 Å². The lowest BCUT2D eigenvalue weighted by Crippen LogP contribution is -2.45. The van der Waals surface area contributed by atoms with Gasteiger partial charge in [0.25, 0.3) is 0 Å². The molecule has 52 heavy (non-hydrogen) atoms. The molecule has 0 fully saturated rings. The fourth-order valence-corrected chi connectivity index (χ4v) is 8.45. The Hall–Kier alpha value is -5.79. The first-order chi connectivity index (χ1) is 25.6. The molecule has 0 radical (unpaired) electrons. The normalized spacial score (nSPS) is 12.6. The van der Waals surface area contributed by atoms with Crippen molar-refractivity contribution in [1.82, 2.24) is 5.32 Å². The molecule has 0 aliphatic heterocycles. The number of hydrogen-bond donors (Lipinski definition) is 1. The molecule has 0 bridgehead atoms. The number of carbonyl (C=O) groups is 2. The van der Waals surface area contributed by atoms with Gasteiger partial charge in [-0.2, -0.15) is 0 Å². The first kappa shape index (κ1) is 34.6. The van der Waals surface area contributed by atoms with E-state index in [-0.39, 0.29) is 24.9 Å². The molecule has 1 aliphatic rings. The summed E-state index contributed by atoms with van der Waals surface area (Å²) in [5.41, 5.74) is 8.44. The van der Waals surface area contributed by atoms with Gasteiger partial charge in [0.15, 0.2) is 0 Å². The van der Waals surface area contributed by atoms with Crippen LogP contribution in [0, 0.1) is 0 Å². The zero-order chi connectivity index (χ0) is 35.8. The van der Waals surface area contributed by atoms with Crippen LogP contribution in [-0.4, -0.2) is 37.6 Å². The maximum Gasteiger partial charge on any atom is 0.407 e. The number of nitrogens with one attached hydrogen (secondary N) is 1. The van der Waals surface area contributed by atoms with Crippen LogP contribution in [0.5, 0.6) is 5.75 Å². The number of methoxy groups -OCH3 is 1. The highest BCUT2D eigenvalue weighted by atomic mass is 32.2. The van der Waals surface area contributed by atoms with Gasteiger partial charge in [-0.05, 0) is 56.6 Å². The van der Waals surface area contributed by atoms with Crippen LogP contribution < -0.4 is 10.1 Å². The van der Waals surface area contributed by atoms with Crippen LogP contribution in [0.4, 0.5) is 4.79 Å². The van der Waals surface area contributed by atoms with Crippen molar-refractivity contribution in [2.24, 2.45) is 0 Å². The quantitative estimate of drug-likeness (QED) is 0.0954. The molecule has 1 aliphatic carbocycles. The molecule has 0 aromatic heterocycles. The summed E-state index contributed by atoms with van der Waals surface area (Å²) in [6, 6.07) is 53.4. The minimum Gasteiger partial charge on any atom is -0.497 e. The summed E-state index contributed by atoms with van der Waals surface area (Å²) in [6.07, 6.45) is -0.682. The average molecular weight is 706 g/mol. The molecule has 1 atom stereocenters. The zero-order valence-corrected chi connectivity index (χ0v) is 29.6. The number of carbonyl (C=O) groups excluding carboxylic acids is 2. The van der Waals surface area contributed by atoms with E-state index in [1.807, 2.05) is 103 Å². The van der Waals surface area contributed by atoms with Gasteiger partial charge >= 0.3 is 12.1 Å². The van der Waals surface area contributed by atoms with E-state index in [1.54, 1.807) is 18.9 Å². The van der Waals surface area contributed by atoms with E-state index in [0.717, 1.165) is 44.5 Å². The number of ether oxygens (including phenoxy) is 3. The second kappa shape index (κ2) is 16.0. The van der Waals surface area contributed by atoms with Gasteiger partial charge in [0.05, 0.1) is 11.9 Å². The Morgan fingerprint density at radius 1 is 0.635 bits per heavy atom. The minimum atomic E-state index is -1.02. The Morgan fingerprint density at radius 2 is 1.12 bits per heavy atom. The molecule has 0 saturated carbocycles. The summed E-state index contributed by atoms with van der Waals surface area (Å²) in [5.74, 6) is 0.236. The van der Waals surface area contributed by atoms with Crippen LogP contribution >= 0.6 is 11.8 Å². The predicted molar refractivity (Wildman–Crippen MR) is 206 cm³/mol. The van der Waals surface area contributed by atoms with Crippen LogP contribution in [0.25, 0.3) is 11.1 Å². The Balaban J connectivity index is 1.16. The Morgan fingerprint density at radius 3 is 1.62 bits per heavy atom. The summed E-state index contributed by atoms with van der Waals surface area (Å²) >= 11 is 1.57. The molecular formula is C45H39NO5S. The third-order valence-corrected chi connectivity index (χ3v) is 11.1. The van der Waals surface area contributed by atoms with Crippen molar-refractivity contribution in [2.45, 2.75) is 23.3 Å². The largest absolute Gasteiger partial charge is 0.497 e. The van der Waals surface area contributed by atoms with E-state index in [9.17, 15) is 9.59 Å². The van der Waals surface area contributed by atoms with Gasteiger partial charge < -0.3 is 19.5 Å². The summed E-state index contributed by atoms with van der Waals surface area (Å²) in [4.78, 5) is 27.6. The summed E-state index contributed by atoms with van der Waals surface area (Å²) in [7, 11) is 1.60. The van der Waals surface area contributed by atoms with E-state index >= 15 is 0 Å². The lowest BCUT2D eigenvalue weighted by atomic mass is 9.84. The molecule has 7 heteroatoms. The van der Waals surface area contributed by atoms with E-state index in [1.165, 1.54) is 0 Å². The number of rotatable bonds is 13. The van der Waals surface area contributed by atoms with Crippen molar-refractivity contribution in [3.8, 4) is 16.9 Å². The van der Waals surface area contributed by atoms with Gasteiger partial charge in [-0.25, -0.2) is 9.59 Å². The maximum atomic E-state index is 14.0. The van der Waals surface area contributed by atoms with Gasteiger partial charge in [-0.3, -0.25) is 0 Å². The highest BCUT2D eigenvalue weighted by Crippen LogP contribution is 2.49. The number of thioether (sulfide) groups is 1. The van der Waals surface area contributed by atoms with Crippen LogP contribution in [-0.2, 0) is 25.6 Å². The van der Waals surface area contributed by atoms with Crippen molar-refractivity contribution < 1.29 is 23.8 Å². The standard InChI is InChI=1S/C45H39NO5S/c1-49-36-27-25-32(26-28-36)29-50-43(47)42(46-44(48)51-30-41-39-23-13-11-21-37(39)38-22-12-14-24-40(38)41)31-52-45(33-15-5-2-6-16-33,34-17-7-3-8-18-34)35-19-9-4-10-20-35/h2-28,41-42H,29-31H2,1H3,(H,46,48)/t42-/m0/s1. The zero-order valence-electron chi connectivity index (χ0n) is 28.8. The first-order valence-electron chi connectivity index (χ1n) is 17.3. The van der Waals surface area contributed by atoms with Crippen LogP contribution in [0.1, 0.15) is 39.3 Å². The number of esters is 1. The summed E-state index contributed by atoms with van der Waals surface area (Å²) in [5, 5.41) is 2.89. The average Bonchev–Trinajstić information content (AvgIpc) is 3.53. The molecule has 1 amide bonds. The van der Waals surface area contributed by atoms with Crippen molar-refractivity contribution in [1.29, 1.82) is 0 Å². The van der Waals surface area contributed by atoms with E-state index < -0.39 is 22.9 Å². The lowest BCUT2D eigenvalue weighted by molar-refractivity contribution is -0.146. The molecule has 0 spiro atoms. The third kappa shape index (κ3) is 7.32. The molecule has 6 aromatic carbocycles. The van der Waals surface area contributed by atoms with Gasteiger partial charge in [0, 0.05) is 11.7 Å². The highest BCUT2D eigenvalue weighted by Gasteiger charge is 2.39. The Bertz CT molecular complexity index is 1960. The lowest BCUT2D eigenvalue weighted by Gasteiger charge is -2.36. The van der Waals surface area contributed by atoms with Crippen LogP contribution in [0.3, 0.4) is 0 Å². The second-order valence-corrected chi connectivity index (χ2v) is 13.8. The minimum absolute atomic E-state index is 0.0392. The van der Waals surface area contributed by atoms with Crippen molar-refractivity contribution in [2.75, 3.05) is 19.5 Å². The third-order valence-electron chi connectivity index (χ3n) is 9.47. The van der Waals surface area contributed by atoms with E-state index in [0.29, 0.717) is 5.75 Å².